The number of nitrogens with zero attached hydrogens (tertiary/aromatic N) is 2. The van der Waals surface area contributed by atoms with Gasteiger partial charge in [0.05, 0.1) is 33.3 Å². The largest absolute Gasteiger partial charge is 0.352 e. The lowest BCUT2D eigenvalue weighted by Gasteiger charge is -2.39. The van der Waals surface area contributed by atoms with Crippen LogP contribution in [0.25, 0.3) is 0 Å². The third-order valence-corrected chi connectivity index (χ3v) is 6.96. The van der Waals surface area contributed by atoms with Crippen molar-refractivity contribution in [2.45, 2.75) is 32.6 Å². The quantitative estimate of drug-likeness (QED) is 0.431. The van der Waals surface area contributed by atoms with Gasteiger partial charge in [-0.3, -0.25) is 19.7 Å². The number of amides is 1. The van der Waals surface area contributed by atoms with Gasteiger partial charge in [0.1, 0.15) is 0 Å². The number of ketones is 1. The lowest BCUT2D eigenvalue weighted by molar-refractivity contribution is -0.384. The van der Waals surface area contributed by atoms with Crippen molar-refractivity contribution in [1.82, 2.24) is 5.32 Å². The van der Waals surface area contributed by atoms with E-state index in [1.807, 2.05) is 32.0 Å². The zero-order valence-electron chi connectivity index (χ0n) is 19.3. The number of non-ortho nitro benzene ring substituents is 1. The van der Waals surface area contributed by atoms with Gasteiger partial charge in [0.15, 0.2) is 5.78 Å². The number of dihydropyridines is 1. The van der Waals surface area contributed by atoms with Gasteiger partial charge >= 0.3 is 0 Å². The minimum atomic E-state index is -0.737. The van der Waals surface area contributed by atoms with Crippen LogP contribution in [0.5, 0.6) is 0 Å². The summed E-state index contributed by atoms with van der Waals surface area (Å²) < 4.78 is 0. The van der Waals surface area contributed by atoms with Gasteiger partial charge in [-0.05, 0) is 29.5 Å². The van der Waals surface area contributed by atoms with Gasteiger partial charge in [0.25, 0.3) is 5.69 Å². The van der Waals surface area contributed by atoms with E-state index in [0.717, 1.165) is 0 Å². The summed E-state index contributed by atoms with van der Waals surface area (Å²) in [5.74, 6) is -1.01. The van der Waals surface area contributed by atoms with Gasteiger partial charge in [-0.15, -0.1) is 0 Å². The number of rotatable bonds is 6. The number of benzene rings is 2. The van der Waals surface area contributed by atoms with E-state index >= 15 is 0 Å². The number of allylic oxidation sites excluding steroid dienone is 3. The summed E-state index contributed by atoms with van der Waals surface area (Å²) in [6.07, 6.45) is 0.901. The molecule has 178 valence electrons. The molecule has 9 heteroatoms. The fourth-order valence-electron chi connectivity index (χ4n) is 4.50. The molecule has 2 aliphatic rings. The second kappa shape index (κ2) is 9.76. The number of anilines is 1. The topological polar surface area (TPSA) is 125 Å². The van der Waals surface area contributed by atoms with Gasteiger partial charge in [-0.1, -0.05) is 55.9 Å². The van der Waals surface area contributed by atoms with Crippen LogP contribution >= 0.6 is 11.8 Å². The van der Waals surface area contributed by atoms with E-state index in [-0.39, 0.29) is 34.1 Å². The Kier molecular flexibility index (Phi) is 6.76. The zero-order valence-corrected chi connectivity index (χ0v) is 20.1. The van der Waals surface area contributed by atoms with Crippen molar-refractivity contribution in [3.05, 3.63) is 92.1 Å². The normalized spacial score (nSPS) is 18.9. The summed E-state index contributed by atoms with van der Waals surface area (Å²) in [6.45, 7) is 4.00. The highest BCUT2D eigenvalue weighted by molar-refractivity contribution is 8.03. The first kappa shape index (κ1) is 24.2. The average molecular weight is 489 g/mol. The number of para-hydroxylation sites is 1. The van der Waals surface area contributed by atoms with Crippen molar-refractivity contribution >= 4 is 34.8 Å². The lowest BCUT2D eigenvalue weighted by Crippen LogP contribution is -2.37. The summed E-state index contributed by atoms with van der Waals surface area (Å²) in [7, 11) is 0. The molecule has 0 saturated carbocycles. The number of nitriles is 1. The maximum absolute atomic E-state index is 13.2. The summed E-state index contributed by atoms with van der Waals surface area (Å²) in [5, 5.41) is 28.1. The second-order valence-electron chi connectivity index (χ2n) is 9.30. The molecule has 1 amide bonds. The highest BCUT2D eigenvalue weighted by Gasteiger charge is 2.42. The molecule has 1 atom stereocenters. The molecule has 2 N–H and O–H groups in total. The summed E-state index contributed by atoms with van der Waals surface area (Å²) in [5.41, 5.74) is 2.23. The summed E-state index contributed by atoms with van der Waals surface area (Å²) in [4.78, 5) is 36.7. The molecule has 4 rings (SSSR count). The predicted molar refractivity (Wildman–Crippen MR) is 134 cm³/mol. The molecule has 0 aromatic heterocycles. The molecular weight excluding hydrogens is 464 g/mol. The number of nitrogens with one attached hydrogen (secondary N) is 2. The van der Waals surface area contributed by atoms with Crippen LogP contribution in [-0.4, -0.2) is 22.4 Å². The minimum Gasteiger partial charge on any atom is -0.352 e. The third-order valence-electron chi connectivity index (χ3n) is 5.95. The van der Waals surface area contributed by atoms with Crippen molar-refractivity contribution in [3.8, 4) is 6.07 Å². The lowest BCUT2D eigenvalue weighted by atomic mass is 9.69. The fourth-order valence-corrected chi connectivity index (χ4v) is 5.36. The van der Waals surface area contributed by atoms with Crippen molar-refractivity contribution in [2.24, 2.45) is 5.41 Å². The Morgan fingerprint density at radius 2 is 1.97 bits per heavy atom. The molecule has 35 heavy (non-hydrogen) atoms. The number of carbonyl (C=O) groups excluding carboxylic acids is 2. The van der Waals surface area contributed by atoms with Gasteiger partial charge in [-0.25, -0.2) is 0 Å². The van der Waals surface area contributed by atoms with Crippen molar-refractivity contribution in [1.29, 1.82) is 5.26 Å². The molecule has 0 fully saturated rings. The Hall–Kier alpha value is -3.90. The summed E-state index contributed by atoms with van der Waals surface area (Å²) in [6, 6.07) is 17.3. The number of nitro benzene ring substituents is 1. The molecule has 1 heterocycles. The Balaban J connectivity index is 1.70. The van der Waals surface area contributed by atoms with Gasteiger partial charge in [-0.2, -0.15) is 5.26 Å². The molecule has 1 aliphatic carbocycles. The molecule has 0 spiro atoms. The Morgan fingerprint density at radius 1 is 1.23 bits per heavy atom. The van der Waals surface area contributed by atoms with Crippen LogP contribution in [0.15, 0.2) is 76.5 Å². The van der Waals surface area contributed by atoms with Crippen LogP contribution in [0.4, 0.5) is 11.4 Å². The number of hydrogen-bond donors (Lipinski definition) is 2. The van der Waals surface area contributed by atoms with Crippen LogP contribution < -0.4 is 10.6 Å². The van der Waals surface area contributed by atoms with Crippen molar-refractivity contribution in [3.63, 3.8) is 0 Å². The Morgan fingerprint density at radius 3 is 2.66 bits per heavy atom. The van der Waals surface area contributed by atoms with Crippen LogP contribution in [0, 0.1) is 26.9 Å². The molecule has 2 aromatic carbocycles. The van der Waals surface area contributed by atoms with Gasteiger partial charge in [0.2, 0.25) is 5.91 Å². The second-order valence-corrected chi connectivity index (χ2v) is 10.3. The zero-order chi connectivity index (χ0) is 25.2. The third kappa shape index (κ3) is 5.28. The SMILES string of the molecule is CC1(C)CC(=O)C2=C(C1)NC(SCC(=O)Nc1ccccc1)=C(C#N)C2c1cccc([N+](=O)[O-])c1. The maximum Gasteiger partial charge on any atom is 0.269 e. The molecular formula is C26H24N4O4S. The average Bonchev–Trinajstić information content (AvgIpc) is 2.81. The number of nitro groups is 1. The fraction of sp³-hybridized carbons (Fsp3) is 0.269. The molecule has 0 saturated heterocycles. The van der Waals surface area contributed by atoms with Crippen molar-refractivity contribution < 1.29 is 14.5 Å². The predicted octanol–water partition coefficient (Wildman–Crippen LogP) is 5.03. The Labute approximate surface area is 207 Å². The van der Waals surface area contributed by atoms with Crippen LogP contribution in [-0.2, 0) is 9.59 Å². The van der Waals surface area contributed by atoms with E-state index in [4.69, 9.17) is 0 Å². The number of hydrogen-bond acceptors (Lipinski definition) is 7. The van der Waals surface area contributed by atoms with E-state index in [2.05, 4.69) is 16.7 Å². The first-order chi connectivity index (χ1) is 16.7. The number of Topliss-reactive ketones (excluding diaryl/α,β-unsaturated/α-hetero) is 1. The Bertz CT molecular complexity index is 1310. The van der Waals surface area contributed by atoms with Gasteiger partial charge in [0, 0.05) is 35.5 Å². The first-order valence-corrected chi connectivity index (χ1v) is 12.1. The standard InChI is InChI=1S/C26H24N4O4S/c1-26(2)12-20-24(21(31)13-26)23(16-7-6-10-18(11-16)30(33)34)19(14-27)25(29-20)35-15-22(32)28-17-8-4-3-5-9-17/h3-11,23,29H,12-13,15H2,1-2H3,(H,28,32). The molecule has 1 unspecified atom stereocenters. The van der Waals surface area contributed by atoms with Crippen molar-refractivity contribution in [2.75, 3.05) is 11.1 Å². The van der Waals surface area contributed by atoms with Crippen LogP contribution in [0.3, 0.4) is 0 Å². The van der Waals surface area contributed by atoms with E-state index in [9.17, 15) is 25.0 Å². The number of thioether (sulfide) groups is 1. The molecule has 0 radical (unpaired) electrons. The first-order valence-electron chi connectivity index (χ1n) is 11.1. The van der Waals surface area contributed by atoms with E-state index < -0.39 is 10.8 Å². The molecule has 2 aromatic rings. The molecule has 8 nitrogen and oxygen atoms in total. The summed E-state index contributed by atoms with van der Waals surface area (Å²) >= 11 is 1.18. The highest BCUT2D eigenvalue weighted by Crippen LogP contribution is 2.48. The van der Waals surface area contributed by atoms with E-state index in [1.54, 1.807) is 24.3 Å². The minimum absolute atomic E-state index is 0.0457. The maximum atomic E-state index is 13.2. The van der Waals surface area contributed by atoms with E-state index in [1.165, 1.54) is 23.9 Å². The molecule has 0 bridgehead atoms. The number of carbonyl (C=O) groups is 2. The van der Waals surface area contributed by atoms with Crippen LogP contribution in [0.1, 0.15) is 38.2 Å². The van der Waals surface area contributed by atoms with Gasteiger partial charge < -0.3 is 10.6 Å². The molecule has 1 aliphatic heterocycles. The smallest absolute Gasteiger partial charge is 0.269 e. The monoisotopic (exact) mass is 488 g/mol. The highest BCUT2D eigenvalue weighted by atomic mass is 32.2. The van der Waals surface area contributed by atoms with Crippen LogP contribution in [0.2, 0.25) is 0 Å². The van der Waals surface area contributed by atoms with E-state index in [0.29, 0.717) is 40.4 Å².